The van der Waals surface area contributed by atoms with E-state index in [9.17, 15) is 23.7 Å². The lowest BCUT2D eigenvalue weighted by Crippen LogP contribution is -2.16. The molecule has 1 aromatic heterocycles. The number of anilines is 2. The number of aromatic nitrogens is 2. The monoisotopic (exact) mass is 295 g/mol. The van der Waals surface area contributed by atoms with Crippen molar-refractivity contribution in [3.8, 4) is 0 Å². The molecule has 0 unspecified atom stereocenters. The fourth-order valence-electron chi connectivity index (χ4n) is 1.42. The highest BCUT2D eigenvalue weighted by atomic mass is 19.1. The molecule has 1 heterocycles. The van der Waals surface area contributed by atoms with Crippen LogP contribution in [0.5, 0.6) is 0 Å². The Kier molecular flexibility index (Phi) is 3.69. The fraction of sp³-hybridized carbons (Fsp3) is 0. The van der Waals surface area contributed by atoms with E-state index >= 15 is 0 Å². The van der Waals surface area contributed by atoms with Crippen LogP contribution in [0.2, 0.25) is 0 Å². The van der Waals surface area contributed by atoms with Gasteiger partial charge in [-0.15, -0.1) is 10.2 Å². The molecule has 0 bridgehead atoms. The molecule has 0 radical (unpaired) electrons. The Balaban J connectivity index is 2.30. The highest BCUT2D eigenvalue weighted by molar-refractivity contribution is 6.03. The van der Waals surface area contributed by atoms with Gasteiger partial charge in [0.1, 0.15) is 11.6 Å². The first-order valence-corrected chi connectivity index (χ1v) is 5.42. The van der Waals surface area contributed by atoms with Gasteiger partial charge in [-0.1, -0.05) is 0 Å². The summed E-state index contributed by atoms with van der Waals surface area (Å²) in [6.07, 6.45) is 0. The van der Waals surface area contributed by atoms with Crippen molar-refractivity contribution in [3.63, 3.8) is 0 Å². The van der Waals surface area contributed by atoms with E-state index in [1.54, 1.807) is 0 Å². The SMILES string of the molecule is Nc1ccc(C(=O)Nc2cc([N+](=O)[O-])c(F)cc2F)nn1. The van der Waals surface area contributed by atoms with Crippen molar-refractivity contribution in [2.75, 3.05) is 11.1 Å². The van der Waals surface area contributed by atoms with Crippen LogP contribution in [0, 0.1) is 21.7 Å². The third kappa shape index (κ3) is 3.05. The Hall–Kier alpha value is -3.17. The van der Waals surface area contributed by atoms with Gasteiger partial charge in [-0.05, 0) is 12.1 Å². The Bertz CT molecular complexity index is 721. The Morgan fingerprint density at radius 3 is 2.52 bits per heavy atom. The van der Waals surface area contributed by atoms with Crippen molar-refractivity contribution in [2.24, 2.45) is 0 Å². The third-order valence-corrected chi connectivity index (χ3v) is 2.40. The molecule has 108 valence electrons. The summed E-state index contributed by atoms with van der Waals surface area (Å²) < 4.78 is 26.7. The number of carbonyl (C=O) groups is 1. The molecule has 21 heavy (non-hydrogen) atoms. The van der Waals surface area contributed by atoms with Crippen LogP contribution in [-0.4, -0.2) is 21.0 Å². The average Bonchev–Trinajstić information content (AvgIpc) is 2.42. The normalized spacial score (nSPS) is 10.2. The van der Waals surface area contributed by atoms with Crippen LogP contribution in [0.1, 0.15) is 10.5 Å². The Morgan fingerprint density at radius 1 is 1.24 bits per heavy atom. The van der Waals surface area contributed by atoms with Crippen molar-refractivity contribution in [3.05, 3.63) is 51.7 Å². The molecule has 3 N–H and O–H groups in total. The predicted molar refractivity (Wildman–Crippen MR) is 67.4 cm³/mol. The molecule has 0 saturated carbocycles. The third-order valence-electron chi connectivity index (χ3n) is 2.40. The number of halogens is 2. The number of nitrogens with zero attached hydrogens (tertiary/aromatic N) is 3. The molecule has 0 aliphatic carbocycles. The van der Waals surface area contributed by atoms with Crippen LogP contribution in [0.15, 0.2) is 24.3 Å². The summed E-state index contributed by atoms with van der Waals surface area (Å²) in [6.45, 7) is 0. The standard InChI is InChI=1S/C11H7F2N5O3/c12-5-3-6(13)9(18(20)21)4-8(5)15-11(19)7-1-2-10(14)17-16-7/h1-4H,(H2,14,17)(H,15,19). The first-order chi connectivity index (χ1) is 9.88. The quantitative estimate of drug-likeness (QED) is 0.653. The van der Waals surface area contributed by atoms with E-state index < -0.39 is 33.8 Å². The van der Waals surface area contributed by atoms with Crippen LogP contribution in [0.25, 0.3) is 0 Å². The van der Waals surface area contributed by atoms with Crippen LogP contribution in [0.3, 0.4) is 0 Å². The number of rotatable bonds is 3. The van der Waals surface area contributed by atoms with Gasteiger partial charge in [-0.3, -0.25) is 14.9 Å². The lowest BCUT2D eigenvalue weighted by molar-refractivity contribution is -0.387. The molecule has 10 heteroatoms. The number of nitrogens with one attached hydrogen (secondary N) is 1. The lowest BCUT2D eigenvalue weighted by Gasteiger charge is -2.06. The molecule has 8 nitrogen and oxygen atoms in total. The van der Waals surface area contributed by atoms with Gasteiger partial charge in [-0.25, -0.2) is 4.39 Å². The van der Waals surface area contributed by atoms with Crippen molar-refractivity contribution < 1.29 is 18.5 Å². The van der Waals surface area contributed by atoms with Gasteiger partial charge in [-0.2, -0.15) is 4.39 Å². The second kappa shape index (κ2) is 5.45. The maximum atomic E-state index is 13.5. The highest BCUT2D eigenvalue weighted by Gasteiger charge is 2.20. The molecule has 1 amide bonds. The lowest BCUT2D eigenvalue weighted by atomic mass is 10.2. The zero-order valence-electron chi connectivity index (χ0n) is 10.2. The summed E-state index contributed by atoms with van der Waals surface area (Å²) in [5, 5.41) is 19.5. The minimum atomic E-state index is -1.34. The van der Waals surface area contributed by atoms with Crippen molar-refractivity contribution in [1.29, 1.82) is 0 Å². The van der Waals surface area contributed by atoms with Crippen LogP contribution in [0.4, 0.5) is 26.0 Å². The van der Waals surface area contributed by atoms with E-state index in [0.29, 0.717) is 12.1 Å². The predicted octanol–water partition coefficient (Wildman–Crippen LogP) is 1.50. The Labute approximate surface area is 115 Å². The largest absolute Gasteiger partial charge is 0.382 e. The van der Waals surface area contributed by atoms with E-state index in [1.807, 2.05) is 5.32 Å². The molecule has 1 aromatic carbocycles. The van der Waals surface area contributed by atoms with E-state index in [4.69, 9.17) is 5.73 Å². The maximum Gasteiger partial charge on any atom is 0.307 e. The Morgan fingerprint density at radius 2 is 1.95 bits per heavy atom. The minimum Gasteiger partial charge on any atom is -0.382 e. The van der Waals surface area contributed by atoms with Gasteiger partial charge in [0, 0.05) is 12.1 Å². The summed E-state index contributed by atoms with van der Waals surface area (Å²) in [4.78, 5) is 21.3. The first kappa shape index (κ1) is 14.2. The van der Waals surface area contributed by atoms with Gasteiger partial charge >= 0.3 is 5.69 Å². The van der Waals surface area contributed by atoms with E-state index in [2.05, 4.69) is 10.2 Å². The summed E-state index contributed by atoms with van der Waals surface area (Å²) >= 11 is 0. The van der Waals surface area contributed by atoms with E-state index in [-0.39, 0.29) is 11.5 Å². The van der Waals surface area contributed by atoms with Crippen LogP contribution >= 0.6 is 0 Å². The molecular weight excluding hydrogens is 288 g/mol. The number of amides is 1. The van der Waals surface area contributed by atoms with Crippen LogP contribution in [-0.2, 0) is 0 Å². The number of nitro benzene ring substituents is 1. The van der Waals surface area contributed by atoms with Gasteiger partial charge in [0.2, 0.25) is 5.82 Å². The summed E-state index contributed by atoms with van der Waals surface area (Å²) in [6, 6.07) is 3.41. The van der Waals surface area contributed by atoms with Gasteiger partial charge < -0.3 is 11.1 Å². The van der Waals surface area contributed by atoms with Crippen molar-refractivity contribution in [1.82, 2.24) is 10.2 Å². The van der Waals surface area contributed by atoms with E-state index in [0.717, 1.165) is 0 Å². The molecular formula is C11H7F2N5O3. The number of nitrogen functional groups attached to an aromatic ring is 1. The maximum absolute atomic E-state index is 13.5. The first-order valence-electron chi connectivity index (χ1n) is 5.42. The average molecular weight is 295 g/mol. The zero-order chi connectivity index (χ0) is 15.6. The number of nitro groups is 1. The van der Waals surface area contributed by atoms with Crippen molar-refractivity contribution in [2.45, 2.75) is 0 Å². The molecule has 2 aromatic rings. The molecule has 0 spiro atoms. The van der Waals surface area contributed by atoms with Gasteiger partial charge in [0.25, 0.3) is 5.91 Å². The second-order valence-electron chi connectivity index (χ2n) is 3.84. The summed E-state index contributed by atoms with van der Waals surface area (Å²) in [5.41, 5.74) is 3.59. The van der Waals surface area contributed by atoms with Crippen molar-refractivity contribution >= 4 is 23.1 Å². The number of nitrogens with two attached hydrogens (primary N) is 1. The number of carbonyl (C=O) groups excluding carboxylic acids is 1. The van der Waals surface area contributed by atoms with Gasteiger partial charge in [0.15, 0.2) is 5.69 Å². The fourth-order valence-corrected chi connectivity index (χ4v) is 1.42. The van der Waals surface area contributed by atoms with E-state index in [1.165, 1.54) is 12.1 Å². The summed E-state index contributed by atoms with van der Waals surface area (Å²) in [7, 11) is 0. The zero-order valence-corrected chi connectivity index (χ0v) is 10.2. The molecule has 0 aliphatic heterocycles. The smallest absolute Gasteiger partial charge is 0.307 e. The number of hydrogen-bond acceptors (Lipinski definition) is 6. The topological polar surface area (TPSA) is 124 Å². The molecule has 0 fully saturated rings. The molecule has 0 aliphatic rings. The van der Waals surface area contributed by atoms with Crippen LogP contribution < -0.4 is 11.1 Å². The molecule has 2 rings (SSSR count). The second-order valence-corrected chi connectivity index (χ2v) is 3.84. The number of hydrogen-bond donors (Lipinski definition) is 2. The van der Waals surface area contributed by atoms with Gasteiger partial charge in [0.05, 0.1) is 10.6 Å². The minimum absolute atomic E-state index is 0.0788. The molecule has 0 atom stereocenters. The molecule has 0 saturated heterocycles. The number of benzene rings is 1. The highest BCUT2D eigenvalue weighted by Crippen LogP contribution is 2.25. The summed E-state index contributed by atoms with van der Waals surface area (Å²) in [5.74, 6) is -3.30.